The molecule has 7 heteroatoms. The quantitative estimate of drug-likeness (QED) is 0.298. The minimum Gasteiger partial charge on any atom is -0.494 e. The molecular weight excluding hydrogens is 457 g/mol. The number of carbonyl (C=O) groups is 1. The first-order valence-electron chi connectivity index (χ1n) is 10.8. The van der Waals surface area contributed by atoms with Gasteiger partial charge in [-0.1, -0.05) is 47.5 Å². The van der Waals surface area contributed by atoms with Gasteiger partial charge in [0.25, 0.3) is 5.91 Å². The number of nitrogens with zero attached hydrogens (tertiary/aromatic N) is 2. The minimum absolute atomic E-state index is 0.226. The van der Waals surface area contributed by atoms with E-state index in [1.165, 1.54) is 0 Å². The molecule has 0 aliphatic rings. The van der Waals surface area contributed by atoms with Crippen molar-refractivity contribution in [2.45, 2.75) is 33.4 Å². The van der Waals surface area contributed by atoms with Gasteiger partial charge in [0.05, 0.1) is 34.8 Å². The third kappa shape index (κ3) is 5.32. The van der Waals surface area contributed by atoms with Gasteiger partial charge in [-0.25, -0.2) is 4.98 Å². The number of rotatable bonds is 8. The summed E-state index contributed by atoms with van der Waals surface area (Å²) in [5, 5.41) is 4.14. The number of benzene rings is 3. The van der Waals surface area contributed by atoms with E-state index in [1.807, 2.05) is 50.2 Å². The molecule has 0 unspecified atom stereocenters. The predicted molar refractivity (Wildman–Crippen MR) is 133 cm³/mol. The van der Waals surface area contributed by atoms with Crippen molar-refractivity contribution in [2.24, 2.45) is 0 Å². The number of imidazole rings is 1. The molecule has 0 aliphatic carbocycles. The van der Waals surface area contributed by atoms with Crippen LogP contribution in [0.1, 0.15) is 33.7 Å². The summed E-state index contributed by atoms with van der Waals surface area (Å²) in [6.45, 7) is 5.52. The van der Waals surface area contributed by atoms with Gasteiger partial charge in [-0.05, 0) is 67.8 Å². The Labute approximate surface area is 203 Å². The summed E-state index contributed by atoms with van der Waals surface area (Å²) >= 11 is 12.4. The second kappa shape index (κ2) is 10.3. The number of carbonyl (C=O) groups excluding carboxylic acids is 1. The Balaban J connectivity index is 1.44. The number of fused-ring (bicyclic) bond motifs is 1. The first-order valence-corrected chi connectivity index (χ1v) is 11.6. The number of ether oxygens (including phenoxy) is 1. The lowest BCUT2D eigenvalue weighted by Gasteiger charge is -2.12. The maximum Gasteiger partial charge on any atom is 0.253 e. The Morgan fingerprint density at radius 1 is 1.03 bits per heavy atom. The van der Waals surface area contributed by atoms with Crippen LogP contribution < -0.4 is 10.1 Å². The van der Waals surface area contributed by atoms with Gasteiger partial charge in [-0.2, -0.15) is 0 Å². The molecule has 4 rings (SSSR count). The van der Waals surface area contributed by atoms with Crippen molar-refractivity contribution in [3.63, 3.8) is 0 Å². The van der Waals surface area contributed by atoms with Gasteiger partial charge in [-0.3, -0.25) is 4.79 Å². The number of halogens is 2. The first-order chi connectivity index (χ1) is 15.9. The van der Waals surface area contributed by atoms with E-state index in [4.69, 9.17) is 32.9 Å². The zero-order chi connectivity index (χ0) is 23.4. The molecule has 1 heterocycles. The highest BCUT2D eigenvalue weighted by Gasteiger charge is 2.14. The highest BCUT2D eigenvalue weighted by Crippen LogP contribution is 2.26. The van der Waals surface area contributed by atoms with E-state index in [9.17, 15) is 4.79 Å². The minimum atomic E-state index is -0.226. The summed E-state index contributed by atoms with van der Waals surface area (Å²) in [7, 11) is 0. The zero-order valence-electron chi connectivity index (χ0n) is 18.6. The van der Waals surface area contributed by atoms with Crippen LogP contribution in [0.2, 0.25) is 10.0 Å². The normalized spacial score (nSPS) is 11.0. The molecular formula is C26H25Cl2N3O2. The van der Waals surface area contributed by atoms with Crippen molar-refractivity contribution in [1.82, 2.24) is 14.9 Å². The Morgan fingerprint density at radius 2 is 1.73 bits per heavy atom. The second-order valence-corrected chi connectivity index (χ2v) is 8.69. The second-order valence-electron chi connectivity index (χ2n) is 7.90. The molecule has 0 saturated heterocycles. The fourth-order valence-electron chi connectivity index (χ4n) is 3.81. The van der Waals surface area contributed by atoms with Crippen LogP contribution >= 0.6 is 23.2 Å². The molecule has 0 spiro atoms. The van der Waals surface area contributed by atoms with Crippen molar-refractivity contribution >= 4 is 40.1 Å². The molecule has 0 fully saturated rings. The van der Waals surface area contributed by atoms with E-state index < -0.39 is 0 Å². The lowest BCUT2D eigenvalue weighted by Crippen LogP contribution is -2.25. The van der Waals surface area contributed by atoms with Crippen molar-refractivity contribution in [3.8, 4) is 5.75 Å². The van der Waals surface area contributed by atoms with Crippen LogP contribution in [-0.4, -0.2) is 22.1 Å². The summed E-state index contributed by atoms with van der Waals surface area (Å²) in [6.07, 6.45) is 0.784. The first kappa shape index (κ1) is 23.1. The molecule has 1 N–H and O–H groups in total. The average Bonchev–Trinajstić information content (AvgIpc) is 3.16. The maximum atomic E-state index is 12.6. The smallest absolute Gasteiger partial charge is 0.253 e. The molecule has 0 aliphatic heterocycles. The molecule has 4 aromatic rings. The van der Waals surface area contributed by atoms with Gasteiger partial charge >= 0.3 is 0 Å². The van der Waals surface area contributed by atoms with Gasteiger partial charge in [0.15, 0.2) is 0 Å². The van der Waals surface area contributed by atoms with Gasteiger partial charge in [0.1, 0.15) is 11.6 Å². The molecule has 0 saturated carbocycles. The fourth-order valence-corrected chi connectivity index (χ4v) is 4.14. The lowest BCUT2D eigenvalue weighted by atomic mass is 10.1. The molecule has 1 aromatic heterocycles. The standard InChI is InChI=1S/C26H25Cl2N3O2/c1-17-14-19(15-18(2)25(17)28)33-13-7-12-31-23-11-6-5-10-22(23)30-24(31)16-29-26(32)20-8-3-4-9-21(20)27/h3-6,8-11,14-15H,7,12-13,16H2,1-2H3,(H,29,32). The summed E-state index contributed by atoms with van der Waals surface area (Å²) in [5.74, 6) is 1.38. The number of amides is 1. The topological polar surface area (TPSA) is 56.1 Å². The SMILES string of the molecule is Cc1cc(OCCCn2c(CNC(=O)c3ccccc3Cl)nc3ccccc32)cc(C)c1Cl. The van der Waals surface area contributed by atoms with E-state index in [1.54, 1.807) is 24.3 Å². The third-order valence-corrected chi connectivity index (χ3v) is 6.39. The van der Waals surface area contributed by atoms with Crippen LogP contribution in [0.5, 0.6) is 5.75 Å². The molecule has 3 aromatic carbocycles. The molecule has 5 nitrogen and oxygen atoms in total. The number of para-hydroxylation sites is 2. The van der Waals surface area contributed by atoms with Crippen molar-refractivity contribution < 1.29 is 9.53 Å². The van der Waals surface area contributed by atoms with E-state index in [0.717, 1.165) is 45.2 Å². The van der Waals surface area contributed by atoms with Crippen molar-refractivity contribution in [1.29, 1.82) is 0 Å². The number of hydrogen-bond donors (Lipinski definition) is 1. The maximum absolute atomic E-state index is 12.6. The van der Waals surface area contributed by atoms with Gasteiger partial charge in [0, 0.05) is 11.6 Å². The van der Waals surface area contributed by atoms with Gasteiger partial charge in [0.2, 0.25) is 0 Å². The van der Waals surface area contributed by atoms with Crippen LogP contribution in [0.15, 0.2) is 60.7 Å². The van der Waals surface area contributed by atoms with Crippen LogP contribution in [0.3, 0.4) is 0 Å². The van der Waals surface area contributed by atoms with Crippen LogP contribution in [0.4, 0.5) is 0 Å². The van der Waals surface area contributed by atoms with E-state index >= 15 is 0 Å². The Kier molecular flexibility index (Phi) is 7.21. The van der Waals surface area contributed by atoms with Crippen LogP contribution in [-0.2, 0) is 13.1 Å². The molecule has 170 valence electrons. The highest BCUT2D eigenvalue weighted by atomic mass is 35.5. The Morgan fingerprint density at radius 3 is 2.48 bits per heavy atom. The zero-order valence-corrected chi connectivity index (χ0v) is 20.1. The highest BCUT2D eigenvalue weighted by molar-refractivity contribution is 6.33. The summed E-state index contributed by atoms with van der Waals surface area (Å²) in [6, 6.07) is 18.9. The van der Waals surface area contributed by atoms with Crippen molar-refractivity contribution in [3.05, 3.63) is 93.2 Å². The van der Waals surface area contributed by atoms with Gasteiger partial charge < -0.3 is 14.6 Å². The van der Waals surface area contributed by atoms with Crippen LogP contribution in [0.25, 0.3) is 11.0 Å². The molecule has 0 radical (unpaired) electrons. The predicted octanol–water partition coefficient (Wildman–Crippen LogP) is 6.36. The number of nitrogens with one attached hydrogen (secondary N) is 1. The Hall–Kier alpha value is -3.02. The average molecular weight is 482 g/mol. The third-order valence-electron chi connectivity index (χ3n) is 5.46. The molecule has 1 amide bonds. The Bertz CT molecular complexity index is 1280. The van der Waals surface area contributed by atoms with Crippen LogP contribution in [0, 0.1) is 13.8 Å². The monoisotopic (exact) mass is 481 g/mol. The molecule has 0 bridgehead atoms. The number of hydrogen-bond acceptors (Lipinski definition) is 3. The number of aromatic nitrogens is 2. The summed E-state index contributed by atoms with van der Waals surface area (Å²) < 4.78 is 8.09. The van der Waals surface area contributed by atoms with E-state index in [0.29, 0.717) is 30.3 Å². The summed E-state index contributed by atoms with van der Waals surface area (Å²) in [5.41, 5.74) is 4.37. The van der Waals surface area contributed by atoms with Crippen molar-refractivity contribution in [2.75, 3.05) is 6.61 Å². The fraction of sp³-hybridized carbons (Fsp3) is 0.231. The molecule has 0 atom stereocenters. The lowest BCUT2D eigenvalue weighted by molar-refractivity contribution is 0.0949. The molecule has 33 heavy (non-hydrogen) atoms. The van der Waals surface area contributed by atoms with E-state index in [-0.39, 0.29) is 5.91 Å². The van der Waals surface area contributed by atoms with E-state index in [2.05, 4.69) is 9.88 Å². The summed E-state index contributed by atoms with van der Waals surface area (Å²) in [4.78, 5) is 17.3. The largest absolute Gasteiger partial charge is 0.494 e. The van der Waals surface area contributed by atoms with Gasteiger partial charge in [-0.15, -0.1) is 0 Å². The number of aryl methyl sites for hydroxylation is 3.